The molecule has 0 bridgehead atoms. The van der Waals surface area contributed by atoms with Crippen LogP contribution in [0.4, 0.5) is 0 Å². The number of hydrogen-bond acceptors (Lipinski definition) is 5. The zero-order valence-corrected chi connectivity index (χ0v) is 16.5. The second-order valence-electron chi connectivity index (χ2n) is 6.80. The maximum Gasteiger partial charge on any atom is 0.209 e. The summed E-state index contributed by atoms with van der Waals surface area (Å²) < 4.78 is 17.3. The van der Waals surface area contributed by atoms with E-state index in [0.29, 0.717) is 50.7 Å². The lowest BCUT2D eigenvalue weighted by molar-refractivity contribution is 0.0666. The largest absolute Gasteiger partial charge is 0.480 e. The summed E-state index contributed by atoms with van der Waals surface area (Å²) in [6.45, 7) is 11.4. The summed E-state index contributed by atoms with van der Waals surface area (Å²) in [4.78, 5) is 9.28. The number of hydrogen-bond donors (Lipinski definition) is 0. The summed E-state index contributed by atoms with van der Waals surface area (Å²) in [5, 5.41) is 0. The lowest BCUT2D eigenvalue weighted by Gasteiger charge is -2.27. The summed E-state index contributed by atoms with van der Waals surface area (Å²) in [6, 6.07) is 10.2. The van der Waals surface area contributed by atoms with Crippen LogP contribution in [0.3, 0.4) is 0 Å². The molecule has 0 aliphatic carbocycles. The van der Waals surface area contributed by atoms with Gasteiger partial charge in [0.15, 0.2) is 0 Å². The maximum absolute atomic E-state index is 5.99. The average Bonchev–Trinajstić information content (AvgIpc) is 2.64. The first-order chi connectivity index (χ1) is 12.6. The molecule has 1 aromatic rings. The molecule has 0 spiro atoms. The Bertz CT molecular complexity index is 584. The van der Waals surface area contributed by atoms with Gasteiger partial charge in [0.1, 0.15) is 12.6 Å². The van der Waals surface area contributed by atoms with Crippen LogP contribution in [-0.2, 0) is 20.8 Å². The molecule has 0 unspecified atom stereocenters. The van der Waals surface area contributed by atoms with Crippen LogP contribution in [0.5, 0.6) is 0 Å². The predicted octanol–water partition coefficient (Wildman–Crippen LogP) is 4.12. The van der Waals surface area contributed by atoms with Crippen molar-refractivity contribution in [3.63, 3.8) is 0 Å². The third-order valence-electron chi connectivity index (χ3n) is 4.47. The van der Waals surface area contributed by atoms with Crippen LogP contribution in [0.25, 0.3) is 0 Å². The molecule has 0 N–H and O–H groups in total. The molecule has 1 aromatic carbocycles. The molecule has 1 heterocycles. The highest BCUT2D eigenvalue weighted by atomic mass is 16.5. The molecule has 144 valence electrons. The van der Waals surface area contributed by atoms with Gasteiger partial charge in [-0.05, 0) is 37.7 Å². The molecular formula is C21H32N2O3. The normalized spacial score (nSPS) is 18.3. The highest BCUT2D eigenvalue weighted by Crippen LogP contribution is 2.23. The van der Waals surface area contributed by atoms with Gasteiger partial charge in [0.25, 0.3) is 0 Å². The van der Waals surface area contributed by atoms with Crippen LogP contribution >= 0.6 is 0 Å². The van der Waals surface area contributed by atoms with E-state index in [2.05, 4.69) is 31.0 Å². The molecule has 5 heteroatoms. The first-order valence-corrected chi connectivity index (χ1v) is 9.62. The highest BCUT2D eigenvalue weighted by Gasteiger charge is 2.27. The van der Waals surface area contributed by atoms with E-state index in [-0.39, 0.29) is 6.04 Å². The third kappa shape index (κ3) is 6.45. The standard InChI is InChI=1S/C21H32N2O3/c1-5-25-20-13-22-21(26-6-2)19(23-20)12-18(16(3)4)15-24-14-17-10-8-7-9-11-17/h7-11,16,18-19H,5-6,12-15H2,1-4H3/t18-,19+/m1/s1. The van der Waals surface area contributed by atoms with E-state index in [0.717, 1.165) is 12.3 Å². The first-order valence-electron chi connectivity index (χ1n) is 9.62. The quantitative estimate of drug-likeness (QED) is 0.666. The van der Waals surface area contributed by atoms with E-state index in [1.807, 2.05) is 32.0 Å². The van der Waals surface area contributed by atoms with Crippen molar-refractivity contribution >= 4 is 11.8 Å². The number of aliphatic imine (C=N–C) groups is 2. The molecule has 26 heavy (non-hydrogen) atoms. The monoisotopic (exact) mass is 360 g/mol. The molecule has 0 saturated heterocycles. The average molecular weight is 360 g/mol. The number of rotatable bonds is 9. The second-order valence-corrected chi connectivity index (χ2v) is 6.80. The summed E-state index contributed by atoms with van der Waals surface area (Å²) >= 11 is 0. The van der Waals surface area contributed by atoms with Gasteiger partial charge in [0, 0.05) is 0 Å². The Hall–Kier alpha value is -1.88. The van der Waals surface area contributed by atoms with E-state index >= 15 is 0 Å². The molecule has 1 aliphatic heterocycles. The second kappa shape index (κ2) is 11.0. The molecule has 2 rings (SSSR count). The fourth-order valence-electron chi connectivity index (χ4n) is 2.94. The highest BCUT2D eigenvalue weighted by molar-refractivity contribution is 5.91. The van der Waals surface area contributed by atoms with Gasteiger partial charge in [0.2, 0.25) is 11.8 Å². The molecule has 0 saturated carbocycles. The lowest BCUT2D eigenvalue weighted by atomic mass is 9.89. The van der Waals surface area contributed by atoms with Crippen molar-refractivity contribution in [3.05, 3.63) is 35.9 Å². The van der Waals surface area contributed by atoms with Crippen molar-refractivity contribution in [1.82, 2.24) is 0 Å². The number of nitrogens with zero attached hydrogens (tertiary/aromatic N) is 2. The fourth-order valence-corrected chi connectivity index (χ4v) is 2.94. The van der Waals surface area contributed by atoms with Crippen molar-refractivity contribution in [2.45, 2.75) is 46.8 Å². The van der Waals surface area contributed by atoms with Gasteiger partial charge in [-0.15, -0.1) is 0 Å². The minimum Gasteiger partial charge on any atom is -0.480 e. The number of benzene rings is 1. The smallest absolute Gasteiger partial charge is 0.209 e. The van der Waals surface area contributed by atoms with Crippen molar-refractivity contribution in [3.8, 4) is 0 Å². The summed E-state index contributed by atoms with van der Waals surface area (Å²) in [6.07, 6.45) is 0.849. The van der Waals surface area contributed by atoms with Crippen molar-refractivity contribution in [2.24, 2.45) is 21.8 Å². The van der Waals surface area contributed by atoms with Gasteiger partial charge in [0.05, 0.1) is 26.4 Å². The van der Waals surface area contributed by atoms with E-state index < -0.39 is 0 Å². The zero-order valence-electron chi connectivity index (χ0n) is 16.5. The first kappa shape index (κ1) is 20.4. The van der Waals surface area contributed by atoms with Gasteiger partial charge in [-0.3, -0.25) is 0 Å². The Balaban J connectivity index is 1.96. The van der Waals surface area contributed by atoms with E-state index in [4.69, 9.17) is 19.2 Å². The van der Waals surface area contributed by atoms with E-state index in [1.54, 1.807) is 0 Å². The van der Waals surface area contributed by atoms with E-state index in [1.165, 1.54) is 5.56 Å². The Morgan fingerprint density at radius 3 is 2.46 bits per heavy atom. The van der Waals surface area contributed by atoms with Crippen LogP contribution in [0.2, 0.25) is 0 Å². The van der Waals surface area contributed by atoms with Crippen molar-refractivity contribution in [2.75, 3.05) is 26.4 Å². The Morgan fingerprint density at radius 1 is 1.08 bits per heavy atom. The van der Waals surface area contributed by atoms with Crippen LogP contribution in [0.1, 0.15) is 39.7 Å². The fraction of sp³-hybridized carbons (Fsp3) is 0.619. The molecule has 5 nitrogen and oxygen atoms in total. The van der Waals surface area contributed by atoms with Crippen LogP contribution < -0.4 is 0 Å². The lowest BCUT2D eigenvalue weighted by Crippen LogP contribution is -2.33. The van der Waals surface area contributed by atoms with Crippen LogP contribution in [0, 0.1) is 11.8 Å². The van der Waals surface area contributed by atoms with Gasteiger partial charge in [-0.25, -0.2) is 9.98 Å². The van der Waals surface area contributed by atoms with Crippen molar-refractivity contribution in [1.29, 1.82) is 0 Å². The van der Waals surface area contributed by atoms with E-state index in [9.17, 15) is 0 Å². The van der Waals surface area contributed by atoms with Crippen molar-refractivity contribution < 1.29 is 14.2 Å². The van der Waals surface area contributed by atoms with Crippen LogP contribution in [0.15, 0.2) is 40.3 Å². The minimum absolute atomic E-state index is 0.0852. The Morgan fingerprint density at radius 2 is 1.81 bits per heavy atom. The topological polar surface area (TPSA) is 52.4 Å². The molecule has 0 aromatic heterocycles. The summed E-state index contributed by atoms with van der Waals surface area (Å²) in [5.41, 5.74) is 1.20. The molecule has 0 radical (unpaired) electrons. The Labute approximate surface area is 157 Å². The summed E-state index contributed by atoms with van der Waals surface area (Å²) in [7, 11) is 0. The summed E-state index contributed by atoms with van der Waals surface area (Å²) in [5.74, 6) is 2.29. The zero-order chi connectivity index (χ0) is 18.8. The van der Waals surface area contributed by atoms with Gasteiger partial charge < -0.3 is 14.2 Å². The predicted molar refractivity (Wildman–Crippen MR) is 106 cm³/mol. The van der Waals surface area contributed by atoms with Gasteiger partial charge in [-0.1, -0.05) is 44.2 Å². The molecular weight excluding hydrogens is 328 g/mol. The molecule has 2 atom stereocenters. The van der Waals surface area contributed by atoms with Gasteiger partial charge >= 0.3 is 0 Å². The maximum atomic E-state index is 5.99. The SMILES string of the molecule is CCOC1=N[C@@H](C[C@H](COCc2ccccc2)C(C)C)C(OCC)=NC1. The molecule has 1 aliphatic rings. The molecule has 0 fully saturated rings. The molecule has 0 amide bonds. The number of ether oxygens (including phenoxy) is 3. The third-order valence-corrected chi connectivity index (χ3v) is 4.47. The van der Waals surface area contributed by atoms with Gasteiger partial charge in [-0.2, -0.15) is 0 Å². The Kier molecular flexibility index (Phi) is 8.62. The minimum atomic E-state index is -0.0852. The van der Waals surface area contributed by atoms with Crippen LogP contribution in [-0.4, -0.2) is 44.2 Å².